The summed E-state index contributed by atoms with van der Waals surface area (Å²) in [5.41, 5.74) is 1.63. The molecule has 2 aromatic carbocycles. The molecule has 3 aliphatic heterocycles. The van der Waals surface area contributed by atoms with Crippen molar-refractivity contribution in [2.45, 2.75) is 198 Å². The molecule has 0 spiro atoms. The van der Waals surface area contributed by atoms with E-state index in [4.69, 9.17) is 28.4 Å². The summed E-state index contributed by atoms with van der Waals surface area (Å²) < 4.78 is 38.4. The third kappa shape index (κ3) is 13.7. The van der Waals surface area contributed by atoms with Gasteiger partial charge in [0.1, 0.15) is 30.0 Å². The average molecular weight is 1090 g/mol. The standard InChI is InChI=1S/C60H89N3O13S/c1-14-47-60(10,70)53(66)38(6)63(12)33-34(2)31-58(8,69)55(36(4)51(37(5)56(68)74-47)75-49-32-59(9,71-13)54(67)39(7)73-49)76-57-50(65)46(28-35(3)72-57)62(11)27-19-26-61-48(64)25-24-42-30-45-43-22-17-15-20-40(43)29-41-21-16-18-23-44(41)52(45)77-42/h15-18,20-25,30,34-39,46-47,49-51,53-55,57,65-67,69-70H,14,19,26-29,31-33H2,1-13H3,(H,61,64)/t34-,35-,36+,37-,38-,39+,46+,47-,49+,50-,51+,53-,54+,55-,57+,58-,59-,60-/m1/s1. The second kappa shape index (κ2) is 25.4. The zero-order valence-electron chi connectivity index (χ0n) is 47.7. The number of nitrogens with zero attached hydrogens (tertiary/aromatic N) is 2. The molecule has 4 heterocycles. The maximum atomic E-state index is 14.5. The van der Waals surface area contributed by atoms with Gasteiger partial charge in [-0.15, -0.1) is 11.3 Å². The number of benzene rings is 2. The highest BCUT2D eigenvalue weighted by Crippen LogP contribution is 2.46. The van der Waals surface area contributed by atoms with Crippen molar-refractivity contribution in [3.8, 4) is 21.6 Å². The molecule has 1 aromatic heterocycles. The second-order valence-corrected chi connectivity index (χ2v) is 24.6. The fourth-order valence-electron chi connectivity index (χ4n) is 12.5. The van der Waals surface area contributed by atoms with Gasteiger partial charge in [-0.2, -0.15) is 0 Å². The summed E-state index contributed by atoms with van der Waals surface area (Å²) in [6.45, 7) is 18.9. The largest absolute Gasteiger partial charge is 0.459 e. The lowest BCUT2D eigenvalue weighted by atomic mass is 9.77. The molecular weight excluding hydrogens is 1000 g/mol. The smallest absolute Gasteiger partial charge is 0.311 e. The molecule has 0 radical (unpaired) electrons. The number of nitrogens with one attached hydrogen (secondary N) is 1. The predicted octanol–water partition coefficient (Wildman–Crippen LogP) is 6.79. The number of aliphatic hydroxyl groups is 5. The van der Waals surface area contributed by atoms with Crippen LogP contribution in [-0.2, 0) is 44.4 Å². The number of ether oxygens (including phenoxy) is 6. The van der Waals surface area contributed by atoms with Crippen LogP contribution in [0.1, 0.15) is 117 Å². The van der Waals surface area contributed by atoms with Crippen LogP contribution < -0.4 is 5.32 Å². The lowest BCUT2D eigenvalue weighted by Gasteiger charge is -2.49. The van der Waals surface area contributed by atoms with Crippen molar-refractivity contribution < 1.29 is 63.5 Å². The molecule has 6 N–H and O–H groups in total. The highest BCUT2D eigenvalue weighted by Gasteiger charge is 2.53. The van der Waals surface area contributed by atoms with Gasteiger partial charge in [0.15, 0.2) is 12.6 Å². The lowest BCUT2D eigenvalue weighted by Crippen LogP contribution is -2.61. The first-order valence-corrected chi connectivity index (χ1v) is 28.6. The van der Waals surface area contributed by atoms with E-state index in [1.54, 1.807) is 59.0 Å². The minimum absolute atomic E-state index is 0.0976. The first-order valence-electron chi connectivity index (χ1n) is 27.8. The third-order valence-electron chi connectivity index (χ3n) is 17.2. The van der Waals surface area contributed by atoms with Crippen LogP contribution in [0.5, 0.6) is 0 Å². The van der Waals surface area contributed by atoms with Gasteiger partial charge in [0.2, 0.25) is 5.91 Å². The van der Waals surface area contributed by atoms with Crippen LogP contribution in [0, 0.1) is 17.8 Å². The quantitative estimate of drug-likeness (QED) is 0.0463. The van der Waals surface area contributed by atoms with Gasteiger partial charge in [-0.1, -0.05) is 69.3 Å². The van der Waals surface area contributed by atoms with E-state index in [2.05, 4.69) is 59.9 Å². The second-order valence-electron chi connectivity index (χ2n) is 23.5. The molecule has 3 fully saturated rings. The highest BCUT2D eigenvalue weighted by molar-refractivity contribution is 7.17. The van der Waals surface area contributed by atoms with Crippen LogP contribution in [0.25, 0.3) is 27.6 Å². The van der Waals surface area contributed by atoms with Gasteiger partial charge in [-0.05, 0) is 142 Å². The summed E-state index contributed by atoms with van der Waals surface area (Å²) in [6.07, 6.45) is -4.21. The Hall–Kier alpha value is -3.66. The SMILES string of the molecule is CC[C@H]1OC(=O)[C@H](C)[C@@H](O[C@H]2C[C@@](C)(OC)[C@@H](O)[C@H](C)O2)[C@H](C)[C@@H](O[C@@H]2O[C@H](C)C[C@H](N(C)CCCNC(=O)C=Cc3cc4c(s3)-c3ccccc3Cc3ccccc3-4)[C@H]2O)[C@](C)(O)C[C@@H](C)CN(C)[C@H](C)[C@@H](O)[C@]1(C)O. The van der Waals surface area contributed by atoms with Crippen LogP contribution >= 0.6 is 11.3 Å². The maximum absolute atomic E-state index is 14.5. The number of likely N-dealkylation sites (N-methyl/N-ethyl adjacent to an activating group) is 2. The molecule has 0 saturated carbocycles. The van der Waals surface area contributed by atoms with Crippen molar-refractivity contribution in [1.29, 1.82) is 0 Å². The van der Waals surface area contributed by atoms with Gasteiger partial charge >= 0.3 is 5.97 Å². The van der Waals surface area contributed by atoms with Crippen LogP contribution in [0.2, 0.25) is 0 Å². The molecule has 7 rings (SSSR count). The van der Waals surface area contributed by atoms with Crippen molar-refractivity contribution in [3.63, 3.8) is 0 Å². The summed E-state index contributed by atoms with van der Waals surface area (Å²) in [5.74, 6) is -3.00. The molecule has 4 aliphatic rings. The number of aliphatic hydroxyl groups excluding tert-OH is 3. The van der Waals surface area contributed by atoms with Crippen molar-refractivity contribution in [3.05, 3.63) is 76.7 Å². The Balaban J connectivity index is 1.08. The number of carbonyl (C=O) groups is 2. The average Bonchev–Trinajstić information content (AvgIpc) is 3.76. The minimum Gasteiger partial charge on any atom is -0.459 e. The third-order valence-corrected chi connectivity index (χ3v) is 18.3. The van der Waals surface area contributed by atoms with Crippen molar-refractivity contribution in [2.24, 2.45) is 17.8 Å². The Morgan fingerprint density at radius 1 is 0.922 bits per heavy atom. The van der Waals surface area contributed by atoms with Gasteiger partial charge < -0.3 is 69.1 Å². The Bertz CT molecular complexity index is 2420. The topological polar surface area (TPSA) is 209 Å². The first-order chi connectivity index (χ1) is 36.3. The Kier molecular flexibility index (Phi) is 20.1. The molecule has 3 aromatic rings. The number of amides is 1. The number of rotatable bonds is 13. The van der Waals surface area contributed by atoms with Crippen LogP contribution in [0.3, 0.4) is 0 Å². The van der Waals surface area contributed by atoms with E-state index >= 15 is 0 Å². The minimum atomic E-state index is -1.84. The maximum Gasteiger partial charge on any atom is 0.311 e. The first kappa shape index (κ1) is 61.0. The molecule has 16 nitrogen and oxygen atoms in total. The predicted molar refractivity (Wildman–Crippen MR) is 298 cm³/mol. The Morgan fingerprint density at radius 3 is 2.26 bits per heavy atom. The van der Waals surface area contributed by atoms with E-state index in [0.717, 1.165) is 11.3 Å². The number of carbonyl (C=O) groups excluding carboxylic acids is 2. The van der Waals surface area contributed by atoms with E-state index in [0.29, 0.717) is 32.5 Å². The molecular formula is C60H89N3O13S. The summed E-state index contributed by atoms with van der Waals surface area (Å²) in [6, 6.07) is 18.2. The van der Waals surface area contributed by atoms with Crippen LogP contribution in [-0.4, -0.2) is 178 Å². The normalized spacial score (nSPS) is 37.7. The Morgan fingerprint density at radius 2 is 1.58 bits per heavy atom. The van der Waals surface area contributed by atoms with Crippen molar-refractivity contribution in [1.82, 2.24) is 15.1 Å². The molecule has 1 aliphatic carbocycles. The van der Waals surface area contributed by atoms with Gasteiger partial charge in [0, 0.05) is 66.0 Å². The van der Waals surface area contributed by atoms with E-state index in [-0.39, 0.29) is 37.2 Å². The fraction of sp³-hybridized carbons (Fsp3) is 0.667. The van der Waals surface area contributed by atoms with Gasteiger partial charge in [0.25, 0.3) is 0 Å². The van der Waals surface area contributed by atoms with E-state index in [9.17, 15) is 35.1 Å². The molecule has 18 atom stereocenters. The zero-order chi connectivity index (χ0) is 56.3. The number of hydrogen-bond donors (Lipinski definition) is 6. The summed E-state index contributed by atoms with van der Waals surface area (Å²) >= 11 is 1.68. The van der Waals surface area contributed by atoms with Gasteiger partial charge in [-0.25, -0.2) is 0 Å². The van der Waals surface area contributed by atoms with Crippen molar-refractivity contribution in [2.75, 3.05) is 40.8 Å². The molecule has 3 saturated heterocycles. The van der Waals surface area contributed by atoms with E-state index in [1.807, 2.05) is 50.7 Å². The number of methoxy groups -OCH3 is 1. The molecule has 0 unspecified atom stereocenters. The molecule has 428 valence electrons. The number of hydrogen-bond acceptors (Lipinski definition) is 16. The Labute approximate surface area is 461 Å². The number of thiophene rings is 1. The van der Waals surface area contributed by atoms with E-state index < -0.39 is 102 Å². The summed E-state index contributed by atoms with van der Waals surface area (Å²) in [4.78, 5) is 33.9. The van der Waals surface area contributed by atoms with Crippen molar-refractivity contribution >= 4 is 29.3 Å². The fourth-order valence-corrected chi connectivity index (χ4v) is 13.7. The van der Waals surface area contributed by atoms with Gasteiger partial charge in [-0.3, -0.25) is 9.59 Å². The zero-order valence-corrected chi connectivity index (χ0v) is 48.5. The molecule has 77 heavy (non-hydrogen) atoms. The van der Waals surface area contributed by atoms with Crippen LogP contribution in [0.4, 0.5) is 0 Å². The summed E-state index contributed by atoms with van der Waals surface area (Å²) in [5, 5.41) is 62.8. The molecule has 1 amide bonds. The monoisotopic (exact) mass is 1090 g/mol. The van der Waals surface area contributed by atoms with E-state index in [1.165, 1.54) is 46.7 Å². The highest BCUT2D eigenvalue weighted by atomic mass is 32.1. The number of cyclic esters (lactones) is 1. The lowest BCUT2D eigenvalue weighted by molar-refractivity contribution is -0.318. The number of esters is 1. The van der Waals surface area contributed by atoms with Crippen LogP contribution in [0.15, 0.2) is 60.7 Å². The number of fused-ring (bicyclic) bond motifs is 5. The molecule has 0 bridgehead atoms. The van der Waals surface area contributed by atoms with Gasteiger partial charge in [0.05, 0.1) is 41.5 Å². The summed E-state index contributed by atoms with van der Waals surface area (Å²) in [7, 11) is 5.27. The molecule has 17 heteroatoms.